The van der Waals surface area contributed by atoms with Gasteiger partial charge in [0.15, 0.2) is 0 Å². The summed E-state index contributed by atoms with van der Waals surface area (Å²) < 4.78 is 41.2. The van der Waals surface area contributed by atoms with Gasteiger partial charge in [0.1, 0.15) is 5.82 Å². The van der Waals surface area contributed by atoms with Crippen LogP contribution in [0.2, 0.25) is 0 Å². The van der Waals surface area contributed by atoms with Crippen molar-refractivity contribution < 1.29 is 17.6 Å². The van der Waals surface area contributed by atoms with Crippen LogP contribution in [-0.2, 0) is 10.0 Å². The molecule has 0 radical (unpaired) electrons. The van der Waals surface area contributed by atoms with Crippen LogP contribution in [0.5, 0.6) is 0 Å². The Morgan fingerprint density at radius 2 is 1.73 bits per heavy atom. The molecule has 0 bridgehead atoms. The molecule has 0 saturated carbocycles. The maximum Gasteiger partial charge on any atom is 0.261 e. The molecule has 0 aliphatic heterocycles. The fourth-order valence-corrected chi connectivity index (χ4v) is 3.99. The monoisotopic (exact) mass is 426 g/mol. The third kappa shape index (κ3) is 5.24. The lowest BCUT2D eigenvalue weighted by atomic mass is 10.0. The van der Waals surface area contributed by atoms with Crippen LogP contribution in [0.1, 0.15) is 34.3 Å². The predicted octanol–water partition coefficient (Wildman–Crippen LogP) is 4.47. The summed E-state index contributed by atoms with van der Waals surface area (Å²) in [6.45, 7) is 4.02. The molecule has 156 valence electrons. The Bertz CT molecular complexity index is 1150. The number of benzene rings is 3. The second-order valence-corrected chi connectivity index (χ2v) is 8.80. The summed E-state index contributed by atoms with van der Waals surface area (Å²) in [4.78, 5) is 12.3. The normalized spacial score (nSPS) is 12.2. The molecule has 3 aromatic rings. The van der Waals surface area contributed by atoms with Gasteiger partial charge in [-0.3, -0.25) is 9.52 Å². The number of hydrogen-bond donors (Lipinski definition) is 2. The fourth-order valence-electron chi connectivity index (χ4n) is 2.93. The highest BCUT2D eigenvalue weighted by Crippen LogP contribution is 2.20. The average molecular weight is 427 g/mol. The molecule has 0 fully saturated rings. The number of halogens is 1. The van der Waals surface area contributed by atoms with E-state index in [9.17, 15) is 17.6 Å². The number of nitrogens with one attached hydrogen (secondary N) is 2. The van der Waals surface area contributed by atoms with E-state index in [2.05, 4.69) is 10.0 Å². The number of amides is 1. The summed E-state index contributed by atoms with van der Waals surface area (Å²) in [5.74, 6) is -0.771. The van der Waals surface area contributed by atoms with Crippen LogP contribution in [0, 0.1) is 12.7 Å². The minimum atomic E-state index is -3.98. The molecule has 0 heterocycles. The number of anilines is 1. The van der Waals surface area contributed by atoms with E-state index in [4.69, 9.17) is 0 Å². The summed E-state index contributed by atoms with van der Waals surface area (Å²) in [7, 11) is -3.98. The van der Waals surface area contributed by atoms with Gasteiger partial charge in [0.05, 0.1) is 4.90 Å². The van der Waals surface area contributed by atoms with Crippen molar-refractivity contribution in [3.05, 3.63) is 95.3 Å². The predicted molar refractivity (Wildman–Crippen MR) is 116 cm³/mol. The molecule has 0 saturated heterocycles. The fraction of sp³-hybridized carbons (Fsp3) is 0.174. The van der Waals surface area contributed by atoms with Crippen molar-refractivity contribution in [3.63, 3.8) is 0 Å². The number of sulfonamides is 1. The van der Waals surface area contributed by atoms with Crippen molar-refractivity contribution in [2.24, 2.45) is 0 Å². The average Bonchev–Trinajstić information content (AvgIpc) is 2.74. The zero-order valence-corrected chi connectivity index (χ0v) is 17.5. The highest BCUT2D eigenvalue weighted by molar-refractivity contribution is 7.92. The molecule has 0 aliphatic rings. The Labute approximate surface area is 176 Å². The molecule has 0 aromatic heterocycles. The van der Waals surface area contributed by atoms with Crippen LogP contribution < -0.4 is 10.0 Å². The molecule has 0 unspecified atom stereocenters. The minimum absolute atomic E-state index is 0.133. The molecule has 1 atom stereocenters. The second-order valence-electron chi connectivity index (χ2n) is 7.12. The van der Waals surface area contributed by atoms with Gasteiger partial charge in [0.25, 0.3) is 15.9 Å². The molecular formula is C23H23FN2O3S. The topological polar surface area (TPSA) is 75.3 Å². The molecule has 7 heteroatoms. The lowest BCUT2D eigenvalue weighted by molar-refractivity contribution is 0.0951. The van der Waals surface area contributed by atoms with Crippen LogP contribution in [0.25, 0.3) is 0 Å². The van der Waals surface area contributed by atoms with Gasteiger partial charge in [-0.05, 0) is 54.3 Å². The quantitative estimate of drug-likeness (QED) is 0.585. The van der Waals surface area contributed by atoms with Gasteiger partial charge in [-0.2, -0.15) is 0 Å². The molecule has 3 rings (SSSR count). The van der Waals surface area contributed by atoms with E-state index >= 15 is 0 Å². The van der Waals surface area contributed by atoms with E-state index in [1.54, 1.807) is 19.1 Å². The first kappa shape index (κ1) is 21.5. The van der Waals surface area contributed by atoms with Crippen molar-refractivity contribution >= 4 is 21.6 Å². The molecule has 1 amide bonds. The van der Waals surface area contributed by atoms with Gasteiger partial charge in [-0.15, -0.1) is 0 Å². The van der Waals surface area contributed by atoms with Crippen LogP contribution >= 0.6 is 0 Å². The molecule has 30 heavy (non-hydrogen) atoms. The lowest BCUT2D eigenvalue weighted by Crippen LogP contribution is -2.27. The van der Waals surface area contributed by atoms with E-state index in [1.165, 1.54) is 24.3 Å². The van der Waals surface area contributed by atoms with Gasteiger partial charge in [-0.25, -0.2) is 12.8 Å². The third-order valence-electron chi connectivity index (χ3n) is 4.77. The van der Waals surface area contributed by atoms with Gasteiger partial charge >= 0.3 is 0 Å². The molecule has 3 aromatic carbocycles. The number of rotatable bonds is 7. The molecular weight excluding hydrogens is 403 g/mol. The van der Waals surface area contributed by atoms with Gasteiger partial charge in [-0.1, -0.05) is 49.4 Å². The second kappa shape index (κ2) is 9.09. The van der Waals surface area contributed by atoms with E-state index < -0.39 is 15.8 Å². The van der Waals surface area contributed by atoms with E-state index in [-0.39, 0.29) is 22.4 Å². The summed E-state index contributed by atoms with van der Waals surface area (Å²) in [6.07, 6.45) is 0. The first-order valence-corrected chi connectivity index (χ1v) is 11.0. The summed E-state index contributed by atoms with van der Waals surface area (Å²) in [5, 5.41) is 2.87. The Balaban J connectivity index is 1.69. The first-order chi connectivity index (χ1) is 14.3. The van der Waals surface area contributed by atoms with Crippen LogP contribution in [0.3, 0.4) is 0 Å². The molecule has 0 spiro atoms. The Kier molecular flexibility index (Phi) is 6.52. The van der Waals surface area contributed by atoms with Crippen LogP contribution in [0.15, 0.2) is 77.7 Å². The van der Waals surface area contributed by atoms with Crippen LogP contribution in [-0.4, -0.2) is 20.9 Å². The van der Waals surface area contributed by atoms with Crippen molar-refractivity contribution in [3.8, 4) is 0 Å². The lowest BCUT2D eigenvalue weighted by Gasteiger charge is -2.14. The highest BCUT2D eigenvalue weighted by Gasteiger charge is 2.17. The highest BCUT2D eigenvalue weighted by atomic mass is 32.2. The zero-order valence-electron chi connectivity index (χ0n) is 16.7. The number of hydrogen-bond acceptors (Lipinski definition) is 3. The van der Waals surface area contributed by atoms with E-state index in [0.29, 0.717) is 17.7 Å². The van der Waals surface area contributed by atoms with Gasteiger partial charge < -0.3 is 5.32 Å². The largest absolute Gasteiger partial charge is 0.351 e. The van der Waals surface area contributed by atoms with Crippen molar-refractivity contribution in [2.45, 2.75) is 24.7 Å². The molecule has 5 nitrogen and oxygen atoms in total. The molecule has 2 N–H and O–H groups in total. The van der Waals surface area contributed by atoms with Crippen LogP contribution in [0.4, 0.5) is 10.1 Å². The summed E-state index contributed by atoms with van der Waals surface area (Å²) in [6, 6.07) is 19.7. The van der Waals surface area contributed by atoms with E-state index in [0.717, 1.165) is 11.6 Å². The zero-order chi connectivity index (χ0) is 21.7. The number of carbonyl (C=O) groups is 1. The van der Waals surface area contributed by atoms with Crippen molar-refractivity contribution in [1.82, 2.24) is 5.32 Å². The summed E-state index contributed by atoms with van der Waals surface area (Å²) >= 11 is 0. The van der Waals surface area contributed by atoms with Gasteiger partial charge in [0.2, 0.25) is 0 Å². The molecule has 0 aliphatic carbocycles. The number of carbonyl (C=O) groups excluding carboxylic acids is 1. The Morgan fingerprint density at radius 3 is 2.43 bits per heavy atom. The Morgan fingerprint density at radius 1 is 1.00 bits per heavy atom. The SMILES string of the molecule is Cc1ccc(S(=O)(=O)Nc2cccc(C(=O)NC[C@H](C)c3ccccc3)c2)cc1F. The minimum Gasteiger partial charge on any atom is -0.351 e. The smallest absolute Gasteiger partial charge is 0.261 e. The third-order valence-corrected chi connectivity index (χ3v) is 6.15. The van der Waals surface area contributed by atoms with Crippen molar-refractivity contribution in [2.75, 3.05) is 11.3 Å². The number of aryl methyl sites for hydroxylation is 1. The van der Waals surface area contributed by atoms with Crippen molar-refractivity contribution in [1.29, 1.82) is 0 Å². The van der Waals surface area contributed by atoms with Gasteiger partial charge in [0, 0.05) is 17.8 Å². The summed E-state index contributed by atoms with van der Waals surface area (Å²) in [5.41, 5.74) is 2.02. The standard InChI is InChI=1S/C23H23FN2O3S/c1-16-11-12-21(14-22(16)24)30(28,29)26-20-10-6-9-19(13-20)23(27)25-15-17(2)18-7-4-3-5-8-18/h3-14,17,26H,15H2,1-2H3,(H,25,27)/t17-/m0/s1. The Hall–Kier alpha value is -3.19. The maximum atomic E-state index is 13.7. The maximum absolute atomic E-state index is 13.7. The first-order valence-electron chi connectivity index (χ1n) is 9.48. The van der Waals surface area contributed by atoms with E-state index in [1.807, 2.05) is 37.3 Å².